The summed E-state index contributed by atoms with van der Waals surface area (Å²) in [5, 5.41) is 0. The fourth-order valence-corrected chi connectivity index (χ4v) is 8.54. The van der Waals surface area contributed by atoms with Crippen molar-refractivity contribution < 1.29 is 12.8 Å². The molecule has 1 saturated heterocycles. The number of rotatable bonds is 1. The lowest BCUT2D eigenvalue weighted by Crippen LogP contribution is -2.63. The van der Waals surface area contributed by atoms with E-state index >= 15 is 0 Å². The van der Waals surface area contributed by atoms with E-state index in [0.717, 1.165) is 5.46 Å². The molecule has 0 unspecified atom stereocenters. The van der Waals surface area contributed by atoms with Crippen LogP contribution in [-0.2, 0) is 12.8 Å². The van der Waals surface area contributed by atoms with Gasteiger partial charge in [0.25, 0.3) is 0 Å². The second-order valence-corrected chi connectivity index (χ2v) is 11.8. The zero-order chi connectivity index (χ0) is 11.8. The molecule has 1 fully saturated rings. The average molecular weight is 252 g/mol. The van der Waals surface area contributed by atoms with Crippen LogP contribution >= 0.6 is 0 Å². The Morgan fingerprint density at radius 3 is 1.88 bits per heavy atom. The topological polar surface area (TPSA) is 27.7 Å². The lowest BCUT2D eigenvalue weighted by atomic mass is 9.80. The number of hydrogen-bond acceptors (Lipinski definition) is 3. The van der Waals surface area contributed by atoms with Crippen molar-refractivity contribution >= 4 is 29.7 Å². The third kappa shape index (κ3) is 2.83. The molecule has 0 N–H and O–H groups in total. The van der Waals surface area contributed by atoms with E-state index in [1.165, 1.54) is 0 Å². The molecule has 1 aromatic rings. The van der Waals surface area contributed by atoms with Gasteiger partial charge in [-0.05, 0) is 31.7 Å². The number of hydrogen-bond donors (Lipinski definition) is 0. The second kappa shape index (κ2) is 4.12. The Labute approximate surface area is 99.4 Å². The average Bonchev–Trinajstić information content (AvgIpc) is 2.14. The SMILES string of the molecule is C[Si]1(C)OB(c2ccccc2)O[Si](C)(C)O1. The molecule has 86 valence electrons. The van der Waals surface area contributed by atoms with Gasteiger partial charge in [-0.3, -0.25) is 0 Å². The van der Waals surface area contributed by atoms with Gasteiger partial charge in [0.15, 0.2) is 0 Å². The van der Waals surface area contributed by atoms with Crippen LogP contribution in [0.2, 0.25) is 26.2 Å². The highest BCUT2D eigenvalue weighted by molar-refractivity contribution is 6.90. The first-order valence-corrected chi connectivity index (χ1v) is 11.1. The van der Waals surface area contributed by atoms with Gasteiger partial charge in [-0.2, -0.15) is 0 Å². The van der Waals surface area contributed by atoms with Crippen molar-refractivity contribution in [3.8, 4) is 0 Å². The summed E-state index contributed by atoms with van der Waals surface area (Å²) in [5.41, 5.74) is 1.08. The molecule has 0 spiro atoms. The summed E-state index contributed by atoms with van der Waals surface area (Å²) >= 11 is 0. The highest BCUT2D eigenvalue weighted by atomic mass is 28.5. The molecule has 0 radical (unpaired) electrons. The van der Waals surface area contributed by atoms with Crippen molar-refractivity contribution in [3.63, 3.8) is 0 Å². The highest BCUT2D eigenvalue weighted by Crippen LogP contribution is 2.24. The third-order valence-corrected chi connectivity index (χ3v) is 7.84. The van der Waals surface area contributed by atoms with Crippen molar-refractivity contribution in [1.82, 2.24) is 0 Å². The Morgan fingerprint density at radius 2 is 1.38 bits per heavy atom. The molecule has 1 aliphatic rings. The van der Waals surface area contributed by atoms with Gasteiger partial charge in [-0.25, -0.2) is 0 Å². The summed E-state index contributed by atoms with van der Waals surface area (Å²) in [6.45, 7) is 8.28. The molecular formula is C10H17BO3Si2. The van der Waals surface area contributed by atoms with Gasteiger partial charge in [0.1, 0.15) is 0 Å². The Kier molecular flexibility index (Phi) is 3.11. The zero-order valence-electron chi connectivity index (χ0n) is 10.2. The van der Waals surface area contributed by atoms with Crippen LogP contribution in [0.5, 0.6) is 0 Å². The molecule has 0 amide bonds. The summed E-state index contributed by atoms with van der Waals surface area (Å²) in [5.74, 6) is 0. The molecule has 0 aliphatic carbocycles. The smallest absolute Gasteiger partial charge is 0.430 e. The molecule has 2 rings (SSSR count). The van der Waals surface area contributed by atoms with Crippen LogP contribution < -0.4 is 5.46 Å². The minimum atomic E-state index is -2.04. The third-order valence-electron chi connectivity index (χ3n) is 2.35. The van der Waals surface area contributed by atoms with Gasteiger partial charge in [0.2, 0.25) is 0 Å². The fourth-order valence-electron chi connectivity index (χ4n) is 1.93. The summed E-state index contributed by atoms with van der Waals surface area (Å²) in [4.78, 5) is 0. The maximum atomic E-state index is 5.95. The van der Waals surface area contributed by atoms with E-state index in [2.05, 4.69) is 26.2 Å². The van der Waals surface area contributed by atoms with Crippen LogP contribution in [0.15, 0.2) is 30.3 Å². The van der Waals surface area contributed by atoms with Gasteiger partial charge in [-0.15, -0.1) is 0 Å². The standard InChI is InChI=1S/C10H17BO3Si2/c1-15(2)12-11(13-16(3,4)14-15)10-8-6-5-7-9-10/h5-9H,1-4H3. The van der Waals surface area contributed by atoms with E-state index < -0.39 is 17.1 Å². The fraction of sp³-hybridized carbons (Fsp3) is 0.400. The maximum absolute atomic E-state index is 5.95. The van der Waals surface area contributed by atoms with Crippen molar-refractivity contribution in [3.05, 3.63) is 30.3 Å². The molecule has 0 saturated carbocycles. The van der Waals surface area contributed by atoms with E-state index in [1.54, 1.807) is 0 Å². The zero-order valence-corrected chi connectivity index (χ0v) is 12.2. The lowest BCUT2D eigenvalue weighted by Gasteiger charge is -2.41. The molecular weight excluding hydrogens is 235 g/mol. The van der Waals surface area contributed by atoms with Crippen LogP contribution in [-0.4, -0.2) is 24.2 Å². The highest BCUT2D eigenvalue weighted by Gasteiger charge is 2.47. The Balaban J connectivity index is 2.23. The Hall–Kier alpha value is -0.401. The molecule has 0 atom stereocenters. The first kappa shape index (κ1) is 12.1. The molecule has 1 aromatic carbocycles. The Bertz CT molecular complexity index is 354. The van der Waals surface area contributed by atoms with Crippen LogP contribution in [0.1, 0.15) is 0 Å². The summed E-state index contributed by atoms with van der Waals surface area (Å²) in [6, 6.07) is 10.1. The minimum absolute atomic E-state index is 0.252. The van der Waals surface area contributed by atoms with E-state index in [9.17, 15) is 0 Å². The van der Waals surface area contributed by atoms with E-state index in [0.29, 0.717) is 0 Å². The maximum Gasteiger partial charge on any atom is 0.475 e. The molecule has 1 heterocycles. The first-order chi connectivity index (χ1) is 7.38. The molecule has 16 heavy (non-hydrogen) atoms. The minimum Gasteiger partial charge on any atom is -0.430 e. The van der Waals surface area contributed by atoms with Crippen LogP contribution in [0.4, 0.5) is 0 Å². The largest absolute Gasteiger partial charge is 0.475 e. The molecule has 3 nitrogen and oxygen atoms in total. The summed E-state index contributed by atoms with van der Waals surface area (Å²) in [6.07, 6.45) is 0. The molecule has 6 heteroatoms. The molecule has 1 aliphatic heterocycles. The summed E-state index contributed by atoms with van der Waals surface area (Å²) in [7, 11) is -4.32. The predicted octanol–water partition coefficient (Wildman–Crippen LogP) is 1.85. The normalized spacial score (nSPS) is 23.1. The van der Waals surface area contributed by atoms with E-state index in [-0.39, 0.29) is 7.12 Å². The molecule has 0 bridgehead atoms. The van der Waals surface area contributed by atoms with Gasteiger partial charge in [-0.1, -0.05) is 30.3 Å². The Morgan fingerprint density at radius 1 is 0.875 bits per heavy atom. The quantitative estimate of drug-likeness (QED) is 0.714. The second-order valence-electron chi connectivity index (χ2n) is 4.88. The van der Waals surface area contributed by atoms with Crippen LogP contribution in [0.25, 0.3) is 0 Å². The molecule has 0 aromatic heterocycles. The predicted molar refractivity (Wildman–Crippen MR) is 70.0 cm³/mol. The van der Waals surface area contributed by atoms with Gasteiger partial charge < -0.3 is 12.8 Å². The summed E-state index contributed by atoms with van der Waals surface area (Å²) < 4.78 is 17.8. The van der Waals surface area contributed by atoms with Gasteiger partial charge >= 0.3 is 24.2 Å². The van der Waals surface area contributed by atoms with Crippen molar-refractivity contribution in [1.29, 1.82) is 0 Å². The number of benzene rings is 1. The van der Waals surface area contributed by atoms with E-state index in [1.807, 2.05) is 30.3 Å². The van der Waals surface area contributed by atoms with Crippen molar-refractivity contribution in [2.45, 2.75) is 26.2 Å². The van der Waals surface area contributed by atoms with Crippen LogP contribution in [0, 0.1) is 0 Å². The van der Waals surface area contributed by atoms with Crippen molar-refractivity contribution in [2.75, 3.05) is 0 Å². The van der Waals surface area contributed by atoms with Crippen molar-refractivity contribution in [2.24, 2.45) is 0 Å². The first-order valence-electron chi connectivity index (χ1n) is 5.49. The van der Waals surface area contributed by atoms with Gasteiger partial charge in [0, 0.05) is 0 Å². The monoisotopic (exact) mass is 252 g/mol. The van der Waals surface area contributed by atoms with E-state index in [4.69, 9.17) is 12.8 Å². The van der Waals surface area contributed by atoms with Crippen LogP contribution in [0.3, 0.4) is 0 Å². The van der Waals surface area contributed by atoms with Gasteiger partial charge in [0.05, 0.1) is 0 Å². The lowest BCUT2D eigenvalue weighted by molar-refractivity contribution is 0.260.